The second kappa shape index (κ2) is 15.2. The number of aromatic nitrogens is 1. The van der Waals surface area contributed by atoms with Gasteiger partial charge in [-0.3, -0.25) is 4.98 Å². The first-order chi connectivity index (χ1) is 13.2. The first-order valence-electron chi connectivity index (χ1n) is 9.94. The number of aryl methyl sites for hydroxylation is 1. The van der Waals surface area contributed by atoms with E-state index in [1.165, 1.54) is 17.7 Å². The number of nitrogens with one attached hydrogen (secondary N) is 1. The van der Waals surface area contributed by atoms with E-state index in [2.05, 4.69) is 53.8 Å². The van der Waals surface area contributed by atoms with Crippen LogP contribution in [-0.4, -0.2) is 24.6 Å². The molecular weight excluding hydrogens is 354 g/mol. The molecule has 0 spiro atoms. The fraction of sp³-hybridized carbons (Fsp3) is 0.435. The Morgan fingerprint density at radius 2 is 2.15 bits per heavy atom. The molecule has 27 heavy (non-hydrogen) atoms. The van der Waals surface area contributed by atoms with Gasteiger partial charge in [0.15, 0.2) is 0 Å². The molecule has 0 fully saturated rings. The van der Waals surface area contributed by atoms with Crippen LogP contribution in [0.15, 0.2) is 66.7 Å². The summed E-state index contributed by atoms with van der Waals surface area (Å²) in [6, 6.07) is 2.08. The molecule has 0 aliphatic rings. The van der Waals surface area contributed by atoms with E-state index in [4.69, 9.17) is 11.6 Å². The normalized spacial score (nSPS) is 12.2. The Morgan fingerprint density at radius 3 is 2.89 bits per heavy atom. The lowest BCUT2D eigenvalue weighted by Crippen LogP contribution is -2.24. The number of rotatable bonds is 14. The summed E-state index contributed by atoms with van der Waals surface area (Å²) in [6.45, 7) is 11.3. The van der Waals surface area contributed by atoms with Gasteiger partial charge in [-0.15, -0.1) is 0 Å². The van der Waals surface area contributed by atoms with Gasteiger partial charge in [0.1, 0.15) is 0 Å². The maximum absolute atomic E-state index is 6.11. The van der Waals surface area contributed by atoms with Crippen LogP contribution in [0.2, 0.25) is 0 Å². The van der Waals surface area contributed by atoms with Crippen molar-refractivity contribution in [2.75, 3.05) is 24.5 Å². The Kier molecular flexibility index (Phi) is 13.1. The van der Waals surface area contributed by atoms with Crippen molar-refractivity contribution in [2.45, 2.75) is 46.0 Å². The summed E-state index contributed by atoms with van der Waals surface area (Å²) < 4.78 is 0. The largest absolute Gasteiger partial charge is 0.348 e. The number of allylic oxidation sites excluding steroid dienone is 6. The van der Waals surface area contributed by atoms with Crippen LogP contribution in [0.5, 0.6) is 0 Å². The van der Waals surface area contributed by atoms with Crippen molar-refractivity contribution in [1.82, 2.24) is 10.3 Å². The van der Waals surface area contributed by atoms with Crippen LogP contribution < -0.4 is 10.2 Å². The third kappa shape index (κ3) is 10.2. The second-order valence-corrected chi connectivity index (χ2v) is 6.75. The molecule has 0 unspecified atom stereocenters. The van der Waals surface area contributed by atoms with Gasteiger partial charge < -0.3 is 10.2 Å². The minimum Gasteiger partial charge on any atom is -0.348 e. The molecule has 0 aromatic carbocycles. The molecule has 1 rings (SSSR count). The number of nitrogens with zero attached hydrogens (tertiary/aromatic N) is 2. The minimum absolute atomic E-state index is 0.754. The van der Waals surface area contributed by atoms with Gasteiger partial charge in [0.2, 0.25) is 0 Å². The van der Waals surface area contributed by atoms with Crippen LogP contribution in [0.4, 0.5) is 5.69 Å². The van der Waals surface area contributed by atoms with E-state index in [9.17, 15) is 0 Å². The van der Waals surface area contributed by atoms with Gasteiger partial charge in [-0.2, -0.15) is 0 Å². The van der Waals surface area contributed by atoms with E-state index in [1.807, 2.05) is 36.8 Å². The molecule has 1 N–H and O–H groups in total. The van der Waals surface area contributed by atoms with Crippen LogP contribution in [-0.2, 0) is 6.42 Å². The molecule has 0 saturated carbocycles. The summed E-state index contributed by atoms with van der Waals surface area (Å²) in [5, 5.41) is 4.20. The van der Waals surface area contributed by atoms with Crippen molar-refractivity contribution in [3.05, 3.63) is 72.2 Å². The van der Waals surface area contributed by atoms with Gasteiger partial charge in [-0.25, -0.2) is 0 Å². The van der Waals surface area contributed by atoms with Gasteiger partial charge in [0.05, 0.1) is 0 Å². The highest BCUT2D eigenvalue weighted by atomic mass is 35.5. The number of hydrogen-bond acceptors (Lipinski definition) is 3. The monoisotopic (exact) mass is 387 g/mol. The maximum atomic E-state index is 6.11. The molecule has 1 aromatic heterocycles. The standard InChI is InChI=1S/C23H34ClN3/c1-4-7-13-22(24)14-10-8-9-12-21-20-26-18-15-23(21)27(6-3)19-11-17-25-16-5-2/h6-8,10,13-15,18,20,25H,3-5,9,11-12,16-17,19H2,1-2H3/b10-8+,13-7-,22-14+. The van der Waals surface area contributed by atoms with Crippen molar-refractivity contribution in [1.29, 1.82) is 0 Å². The van der Waals surface area contributed by atoms with Crippen LogP contribution in [0.25, 0.3) is 0 Å². The summed E-state index contributed by atoms with van der Waals surface area (Å²) in [6.07, 6.45) is 20.9. The second-order valence-electron chi connectivity index (χ2n) is 6.31. The average Bonchev–Trinajstić information content (AvgIpc) is 2.69. The third-order valence-electron chi connectivity index (χ3n) is 4.07. The highest BCUT2D eigenvalue weighted by molar-refractivity contribution is 6.31. The summed E-state index contributed by atoms with van der Waals surface area (Å²) >= 11 is 6.11. The molecule has 1 heterocycles. The quantitative estimate of drug-likeness (QED) is 0.313. The molecule has 1 aromatic rings. The molecule has 3 nitrogen and oxygen atoms in total. The Balaban J connectivity index is 2.59. The average molecular weight is 388 g/mol. The van der Waals surface area contributed by atoms with Gasteiger partial charge in [0, 0.05) is 29.7 Å². The molecule has 0 radical (unpaired) electrons. The fourth-order valence-electron chi connectivity index (χ4n) is 2.66. The maximum Gasteiger partial charge on any atom is 0.0469 e. The SMILES string of the molecule is C=CN(CCCNCCC)c1ccncc1CC/C=C/C=C(Cl)\C=C/CC. The highest BCUT2D eigenvalue weighted by Crippen LogP contribution is 2.21. The van der Waals surface area contributed by atoms with E-state index in [0.29, 0.717) is 0 Å². The third-order valence-corrected chi connectivity index (χ3v) is 4.32. The van der Waals surface area contributed by atoms with Crippen LogP contribution in [0.1, 0.15) is 45.1 Å². The topological polar surface area (TPSA) is 28.2 Å². The lowest BCUT2D eigenvalue weighted by molar-refractivity contribution is 0.640. The predicted molar refractivity (Wildman–Crippen MR) is 120 cm³/mol. The molecular formula is C23H34ClN3. The molecule has 0 amide bonds. The lowest BCUT2D eigenvalue weighted by atomic mass is 10.1. The smallest absolute Gasteiger partial charge is 0.0469 e. The molecule has 0 atom stereocenters. The molecule has 0 bridgehead atoms. The Bertz CT molecular complexity index is 620. The summed E-state index contributed by atoms with van der Waals surface area (Å²) in [4.78, 5) is 6.53. The zero-order valence-corrected chi connectivity index (χ0v) is 17.6. The van der Waals surface area contributed by atoms with Crippen molar-refractivity contribution in [2.24, 2.45) is 0 Å². The molecule has 4 heteroatoms. The zero-order chi connectivity index (χ0) is 19.7. The molecule has 0 aliphatic heterocycles. The lowest BCUT2D eigenvalue weighted by Gasteiger charge is -2.23. The molecule has 0 saturated heterocycles. The summed E-state index contributed by atoms with van der Waals surface area (Å²) in [5.41, 5.74) is 2.44. The zero-order valence-electron chi connectivity index (χ0n) is 16.8. The highest BCUT2D eigenvalue weighted by Gasteiger charge is 2.08. The summed E-state index contributed by atoms with van der Waals surface area (Å²) in [7, 11) is 0. The van der Waals surface area contributed by atoms with Gasteiger partial charge in [0.25, 0.3) is 0 Å². The van der Waals surface area contributed by atoms with Crippen molar-refractivity contribution in [3.8, 4) is 0 Å². The van der Waals surface area contributed by atoms with Crippen molar-refractivity contribution < 1.29 is 0 Å². The van der Waals surface area contributed by atoms with E-state index in [1.54, 1.807) is 0 Å². The Labute approximate surface area is 170 Å². The van der Waals surface area contributed by atoms with Crippen molar-refractivity contribution >= 4 is 17.3 Å². The number of pyridine rings is 1. The van der Waals surface area contributed by atoms with Gasteiger partial charge in [-0.1, -0.05) is 50.3 Å². The Hall–Kier alpha value is -1.84. The van der Waals surface area contributed by atoms with E-state index in [0.717, 1.165) is 50.3 Å². The first-order valence-corrected chi connectivity index (χ1v) is 10.3. The van der Waals surface area contributed by atoms with E-state index < -0.39 is 0 Å². The Morgan fingerprint density at radius 1 is 1.30 bits per heavy atom. The fourth-order valence-corrected chi connectivity index (χ4v) is 2.82. The number of halogens is 1. The van der Waals surface area contributed by atoms with Gasteiger partial charge >= 0.3 is 0 Å². The van der Waals surface area contributed by atoms with E-state index in [-0.39, 0.29) is 0 Å². The van der Waals surface area contributed by atoms with E-state index >= 15 is 0 Å². The van der Waals surface area contributed by atoms with Crippen LogP contribution >= 0.6 is 11.6 Å². The number of hydrogen-bond donors (Lipinski definition) is 1. The van der Waals surface area contributed by atoms with Gasteiger partial charge in [-0.05, 0) is 75.2 Å². The number of anilines is 1. The van der Waals surface area contributed by atoms with Crippen LogP contribution in [0, 0.1) is 0 Å². The van der Waals surface area contributed by atoms with Crippen LogP contribution in [0.3, 0.4) is 0 Å². The minimum atomic E-state index is 0.754. The predicted octanol–water partition coefficient (Wildman–Crippen LogP) is 6.00. The molecule has 148 valence electrons. The molecule has 0 aliphatic carbocycles. The first kappa shape index (κ1) is 23.2. The summed E-state index contributed by atoms with van der Waals surface area (Å²) in [5.74, 6) is 0. The van der Waals surface area contributed by atoms with Crippen molar-refractivity contribution in [3.63, 3.8) is 0 Å².